The standard InChI is InChI=1S/C27H30ClNO3/c1-16-12-17(2)24(18(3)13-16)25-23(30)15-21(26(25)31)14-19-8-10-29(11-9-19)27(32)20-4-6-22(28)7-5-20/h4-7,12-13,19,21,25H,8-11,14-15H2,1-3H3. The van der Waals surface area contributed by atoms with E-state index in [1.165, 1.54) is 0 Å². The van der Waals surface area contributed by atoms with Gasteiger partial charge in [0.05, 0.1) is 0 Å². The monoisotopic (exact) mass is 451 g/mol. The molecule has 1 heterocycles. The summed E-state index contributed by atoms with van der Waals surface area (Å²) in [6, 6.07) is 11.1. The van der Waals surface area contributed by atoms with Gasteiger partial charge >= 0.3 is 0 Å². The molecule has 1 aliphatic carbocycles. The van der Waals surface area contributed by atoms with Crippen LogP contribution in [0, 0.1) is 32.6 Å². The summed E-state index contributed by atoms with van der Waals surface area (Å²) in [7, 11) is 0. The number of hydrogen-bond acceptors (Lipinski definition) is 3. The average Bonchev–Trinajstić information content (AvgIpc) is 3.01. The highest BCUT2D eigenvalue weighted by Crippen LogP contribution is 2.40. The minimum absolute atomic E-state index is 0.0256. The Hall–Kier alpha value is -2.46. The van der Waals surface area contributed by atoms with Gasteiger partial charge in [-0.15, -0.1) is 0 Å². The van der Waals surface area contributed by atoms with E-state index in [1.807, 2.05) is 25.7 Å². The van der Waals surface area contributed by atoms with Gasteiger partial charge in [0.1, 0.15) is 11.7 Å². The van der Waals surface area contributed by atoms with Gasteiger partial charge in [0, 0.05) is 36.0 Å². The molecule has 5 heteroatoms. The van der Waals surface area contributed by atoms with Crippen LogP contribution in [0.3, 0.4) is 0 Å². The lowest BCUT2D eigenvalue weighted by molar-refractivity contribution is -0.125. The first kappa shape index (κ1) is 22.7. The second-order valence-corrected chi connectivity index (χ2v) is 9.93. The van der Waals surface area contributed by atoms with Crippen molar-refractivity contribution in [1.29, 1.82) is 0 Å². The fourth-order valence-corrected chi connectivity index (χ4v) is 5.68. The van der Waals surface area contributed by atoms with Crippen LogP contribution in [-0.4, -0.2) is 35.5 Å². The van der Waals surface area contributed by atoms with Gasteiger partial charge in [-0.2, -0.15) is 0 Å². The molecule has 32 heavy (non-hydrogen) atoms. The van der Waals surface area contributed by atoms with Gasteiger partial charge in [0.15, 0.2) is 5.78 Å². The van der Waals surface area contributed by atoms with E-state index in [9.17, 15) is 14.4 Å². The van der Waals surface area contributed by atoms with Crippen molar-refractivity contribution < 1.29 is 14.4 Å². The molecular formula is C27H30ClNO3. The molecule has 1 saturated heterocycles. The van der Waals surface area contributed by atoms with Crippen LogP contribution in [0.25, 0.3) is 0 Å². The fourth-order valence-electron chi connectivity index (χ4n) is 5.55. The van der Waals surface area contributed by atoms with Crippen LogP contribution >= 0.6 is 11.6 Å². The van der Waals surface area contributed by atoms with Gasteiger partial charge in [-0.3, -0.25) is 14.4 Å². The maximum atomic E-state index is 13.3. The number of piperidine rings is 1. The molecule has 4 rings (SSSR count). The van der Waals surface area contributed by atoms with E-state index in [4.69, 9.17) is 11.6 Å². The first-order valence-corrected chi connectivity index (χ1v) is 11.8. The van der Waals surface area contributed by atoms with Crippen molar-refractivity contribution in [2.24, 2.45) is 11.8 Å². The van der Waals surface area contributed by atoms with Gasteiger partial charge in [-0.25, -0.2) is 0 Å². The van der Waals surface area contributed by atoms with Crippen LogP contribution in [0.1, 0.15) is 64.2 Å². The SMILES string of the molecule is Cc1cc(C)c(C2C(=O)CC(CC3CCN(C(=O)c4ccc(Cl)cc4)CC3)C2=O)c(C)c1. The van der Waals surface area contributed by atoms with Crippen LogP contribution in [0.15, 0.2) is 36.4 Å². The number of likely N-dealkylation sites (tertiary alicyclic amines) is 1. The van der Waals surface area contributed by atoms with E-state index in [0.29, 0.717) is 36.0 Å². The number of benzene rings is 2. The van der Waals surface area contributed by atoms with E-state index >= 15 is 0 Å². The maximum Gasteiger partial charge on any atom is 0.253 e. The average molecular weight is 452 g/mol. The summed E-state index contributed by atoms with van der Waals surface area (Å²) < 4.78 is 0. The molecule has 0 radical (unpaired) electrons. The van der Waals surface area contributed by atoms with Crippen molar-refractivity contribution in [2.45, 2.75) is 52.4 Å². The summed E-state index contributed by atoms with van der Waals surface area (Å²) in [5.74, 6) is -0.263. The topological polar surface area (TPSA) is 54.5 Å². The predicted octanol–water partition coefficient (Wildman–Crippen LogP) is 5.45. The van der Waals surface area contributed by atoms with Crippen molar-refractivity contribution in [3.05, 3.63) is 69.2 Å². The number of hydrogen-bond donors (Lipinski definition) is 0. The summed E-state index contributed by atoms with van der Waals surface area (Å²) in [4.78, 5) is 40.7. The minimum Gasteiger partial charge on any atom is -0.339 e. The van der Waals surface area contributed by atoms with E-state index in [-0.39, 0.29) is 23.4 Å². The van der Waals surface area contributed by atoms with Crippen LogP contribution in [0.5, 0.6) is 0 Å². The molecule has 168 valence electrons. The summed E-state index contributed by atoms with van der Waals surface area (Å²) in [5.41, 5.74) is 4.78. The third-order valence-electron chi connectivity index (χ3n) is 7.09. The van der Waals surface area contributed by atoms with Crippen LogP contribution in [0.4, 0.5) is 0 Å². The Labute approximate surface area is 194 Å². The maximum absolute atomic E-state index is 13.3. The summed E-state index contributed by atoms with van der Waals surface area (Å²) in [5, 5.41) is 0.616. The number of nitrogens with zero attached hydrogens (tertiary/aromatic N) is 1. The Morgan fingerprint density at radius 1 is 1.00 bits per heavy atom. The van der Waals surface area contributed by atoms with Crippen LogP contribution in [-0.2, 0) is 9.59 Å². The van der Waals surface area contributed by atoms with Gasteiger partial charge in [0.2, 0.25) is 0 Å². The van der Waals surface area contributed by atoms with Gasteiger partial charge in [-0.05, 0) is 86.9 Å². The number of ketones is 2. The van der Waals surface area contributed by atoms with Crippen LogP contribution < -0.4 is 0 Å². The van der Waals surface area contributed by atoms with Crippen molar-refractivity contribution >= 4 is 29.1 Å². The lowest BCUT2D eigenvalue weighted by Gasteiger charge is -2.33. The molecule has 2 unspecified atom stereocenters. The third-order valence-corrected chi connectivity index (χ3v) is 7.35. The predicted molar refractivity (Wildman–Crippen MR) is 126 cm³/mol. The van der Waals surface area contributed by atoms with Crippen molar-refractivity contribution in [3.63, 3.8) is 0 Å². The third kappa shape index (κ3) is 4.52. The Morgan fingerprint density at radius 2 is 1.59 bits per heavy atom. The number of aryl methyl sites for hydroxylation is 3. The second-order valence-electron chi connectivity index (χ2n) is 9.49. The number of amides is 1. The summed E-state index contributed by atoms with van der Waals surface area (Å²) in [6.45, 7) is 7.39. The number of Topliss-reactive ketones (excluding diaryl/α,β-unsaturated/α-hetero) is 2. The van der Waals surface area contributed by atoms with E-state index in [2.05, 4.69) is 12.1 Å². The first-order chi connectivity index (χ1) is 15.2. The minimum atomic E-state index is -0.604. The molecule has 2 aliphatic rings. The van der Waals surface area contributed by atoms with Crippen molar-refractivity contribution in [1.82, 2.24) is 4.90 Å². The lowest BCUT2D eigenvalue weighted by Crippen LogP contribution is -2.39. The highest BCUT2D eigenvalue weighted by molar-refractivity contribution is 6.30. The Bertz CT molecular complexity index is 1030. The largest absolute Gasteiger partial charge is 0.339 e. The molecule has 2 atom stereocenters. The molecule has 1 saturated carbocycles. The van der Waals surface area contributed by atoms with Gasteiger partial charge < -0.3 is 4.90 Å². The second kappa shape index (κ2) is 9.19. The highest BCUT2D eigenvalue weighted by Gasteiger charge is 2.44. The Morgan fingerprint density at radius 3 is 2.19 bits per heavy atom. The molecular weight excluding hydrogens is 422 g/mol. The normalized spacial score (nSPS) is 21.9. The number of halogens is 1. The number of rotatable bonds is 4. The quantitative estimate of drug-likeness (QED) is 0.581. The molecule has 1 aliphatic heterocycles. The van der Waals surface area contributed by atoms with Gasteiger partial charge in [-0.1, -0.05) is 29.3 Å². The molecule has 0 spiro atoms. The molecule has 4 nitrogen and oxygen atoms in total. The van der Waals surface area contributed by atoms with Gasteiger partial charge in [0.25, 0.3) is 5.91 Å². The molecule has 2 fully saturated rings. The van der Waals surface area contributed by atoms with E-state index < -0.39 is 5.92 Å². The zero-order valence-corrected chi connectivity index (χ0v) is 19.7. The zero-order valence-electron chi connectivity index (χ0n) is 19.0. The van der Waals surface area contributed by atoms with Crippen LogP contribution in [0.2, 0.25) is 5.02 Å². The highest BCUT2D eigenvalue weighted by atomic mass is 35.5. The van der Waals surface area contributed by atoms with E-state index in [0.717, 1.165) is 41.5 Å². The zero-order chi connectivity index (χ0) is 23.0. The molecule has 0 bridgehead atoms. The molecule has 2 aromatic carbocycles. The lowest BCUT2D eigenvalue weighted by atomic mass is 9.83. The Kier molecular flexibility index (Phi) is 6.52. The Balaban J connectivity index is 1.38. The summed E-state index contributed by atoms with van der Waals surface area (Å²) >= 11 is 5.92. The number of carbonyl (C=O) groups is 3. The number of carbonyl (C=O) groups excluding carboxylic acids is 3. The summed E-state index contributed by atoms with van der Waals surface area (Å²) in [6.07, 6.45) is 2.82. The first-order valence-electron chi connectivity index (χ1n) is 11.4. The van der Waals surface area contributed by atoms with Crippen molar-refractivity contribution in [3.8, 4) is 0 Å². The fraction of sp³-hybridized carbons (Fsp3) is 0.444. The van der Waals surface area contributed by atoms with E-state index in [1.54, 1.807) is 24.3 Å². The molecule has 0 N–H and O–H groups in total. The smallest absolute Gasteiger partial charge is 0.253 e. The molecule has 0 aromatic heterocycles. The molecule has 2 aromatic rings. The molecule has 1 amide bonds. The van der Waals surface area contributed by atoms with Crippen molar-refractivity contribution in [2.75, 3.05) is 13.1 Å².